The van der Waals surface area contributed by atoms with E-state index in [0.29, 0.717) is 18.6 Å². The quantitative estimate of drug-likeness (QED) is 0.517. The van der Waals surface area contributed by atoms with Gasteiger partial charge in [-0.05, 0) is 44.0 Å². The Balaban J connectivity index is 1.16. The van der Waals surface area contributed by atoms with Crippen molar-refractivity contribution in [1.29, 1.82) is 0 Å². The number of piperazine rings is 1. The molecule has 2 amide bonds. The molecule has 0 bridgehead atoms. The van der Waals surface area contributed by atoms with E-state index in [9.17, 15) is 14.4 Å². The standard InChI is InChI=1S/C25H36N6O4/c1-26-18-14-19(15-18)35-12-11-29-7-9-30(10-8-29)16-17-3-4-20-22(13-17)28(2)25(34)31(20)21-5-6-23(32)27-24(21)33/h3-4,13,18-19,21,26H,5-12,14-16H2,1-2H3,(H,27,32,33)/t18-,19-,21?. The van der Waals surface area contributed by atoms with E-state index in [-0.39, 0.29) is 18.0 Å². The van der Waals surface area contributed by atoms with Gasteiger partial charge in [0.25, 0.3) is 0 Å². The highest BCUT2D eigenvalue weighted by atomic mass is 16.5. The average molecular weight is 485 g/mol. The first-order valence-corrected chi connectivity index (χ1v) is 12.7. The van der Waals surface area contributed by atoms with E-state index in [0.717, 1.165) is 75.3 Å². The van der Waals surface area contributed by atoms with Crippen LogP contribution in [0.4, 0.5) is 0 Å². The van der Waals surface area contributed by atoms with E-state index in [1.807, 2.05) is 19.2 Å². The van der Waals surface area contributed by atoms with Gasteiger partial charge in [-0.15, -0.1) is 0 Å². The lowest BCUT2D eigenvalue weighted by Gasteiger charge is -2.37. The summed E-state index contributed by atoms with van der Waals surface area (Å²) in [4.78, 5) is 41.8. The zero-order valence-corrected chi connectivity index (χ0v) is 20.7. The highest BCUT2D eigenvalue weighted by Crippen LogP contribution is 2.25. The van der Waals surface area contributed by atoms with Crippen LogP contribution in [0, 0.1) is 0 Å². The van der Waals surface area contributed by atoms with Crippen molar-refractivity contribution in [2.75, 3.05) is 46.4 Å². The van der Waals surface area contributed by atoms with Gasteiger partial charge in [0.05, 0.1) is 23.7 Å². The van der Waals surface area contributed by atoms with Gasteiger partial charge in [0.15, 0.2) is 0 Å². The molecule has 0 spiro atoms. The molecule has 190 valence electrons. The molecule has 1 aliphatic carbocycles. The third kappa shape index (κ3) is 5.06. The molecule has 3 fully saturated rings. The zero-order valence-electron chi connectivity index (χ0n) is 20.7. The lowest BCUT2D eigenvalue weighted by molar-refractivity contribution is -0.135. The van der Waals surface area contributed by atoms with E-state index in [1.165, 1.54) is 4.57 Å². The number of imidazole rings is 1. The van der Waals surface area contributed by atoms with Gasteiger partial charge >= 0.3 is 5.69 Å². The maximum atomic E-state index is 13.0. The fourth-order valence-corrected chi connectivity index (χ4v) is 5.45. The summed E-state index contributed by atoms with van der Waals surface area (Å²) in [5.41, 5.74) is 2.46. The molecule has 35 heavy (non-hydrogen) atoms. The summed E-state index contributed by atoms with van der Waals surface area (Å²) in [5.74, 6) is -0.687. The van der Waals surface area contributed by atoms with Crippen LogP contribution < -0.4 is 16.3 Å². The van der Waals surface area contributed by atoms with Crippen molar-refractivity contribution in [3.63, 3.8) is 0 Å². The van der Waals surface area contributed by atoms with Gasteiger partial charge in [-0.1, -0.05) is 6.07 Å². The number of benzene rings is 1. The Morgan fingerprint density at radius 3 is 2.51 bits per heavy atom. The molecular weight excluding hydrogens is 448 g/mol. The minimum Gasteiger partial charge on any atom is -0.377 e. The molecule has 10 nitrogen and oxygen atoms in total. The smallest absolute Gasteiger partial charge is 0.329 e. The van der Waals surface area contributed by atoms with Crippen LogP contribution in [0.25, 0.3) is 11.0 Å². The summed E-state index contributed by atoms with van der Waals surface area (Å²) in [5, 5.41) is 5.65. The van der Waals surface area contributed by atoms with Crippen LogP contribution in [0.15, 0.2) is 23.0 Å². The molecular formula is C25H36N6O4. The minimum absolute atomic E-state index is 0.231. The summed E-state index contributed by atoms with van der Waals surface area (Å²) in [6, 6.07) is 6.00. The predicted molar refractivity (Wildman–Crippen MR) is 132 cm³/mol. The molecule has 3 aliphatic rings. The number of hydrogen-bond acceptors (Lipinski definition) is 7. The van der Waals surface area contributed by atoms with Crippen LogP contribution in [-0.2, 0) is 27.9 Å². The van der Waals surface area contributed by atoms with Crippen molar-refractivity contribution in [1.82, 2.24) is 29.6 Å². The number of ether oxygens (including phenoxy) is 1. The third-order valence-electron chi connectivity index (χ3n) is 7.81. The molecule has 1 saturated carbocycles. The van der Waals surface area contributed by atoms with Gasteiger partial charge in [0.2, 0.25) is 11.8 Å². The molecule has 2 aromatic rings. The largest absolute Gasteiger partial charge is 0.377 e. The monoisotopic (exact) mass is 484 g/mol. The van der Waals surface area contributed by atoms with Crippen molar-refractivity contribution >= 4 is 22.8 Å². The lowest BCUT2D eigenvalue weighted by Crippen LogP contribution is -2.48. The van der Waals surface area contributed by atoms with Gasteiger partial charge in [-0.3, -0.25) is 33.8 Å². The molecule has 1 unspecified atom stereocenters. The first-order valence-electron chi connectivity index (χ1n) is 12.7. The normalized spacial score (nSPS) is 26.2. The molecule has 10 heteroatoms. The number of fused-ring (bicyclic) bond motifs is 1. The lowest BCUT2D eigenvalue weighted by atomic mass is 9.89. The van der Waals surface area contributed by atoms with Gasteiger partial charge < -0.3 is 10.1 Å². The number of piperidine rings is 1. The fourth-order valence-electron chi connectivity index (χ4n) is 5.45. The fraction of sp³-hybridized carbons (Fsp3) is 0.640. The molecule has 1 aromatic carbocycles. The van der Waals surface area contributed by atoms with Crippen LogP contribution in [0.3, 0.4) is 0 Å². The SMILES string of the molecule is CN[C@H]1C[C@H](OCCN2CCN(Cc3ccc4c(c3)n(C)c(=O)n4C3CCC(=O)NC3=O)CC2)C1. The van der Waals surface area contributed by atoms with Gasteiger partial charge in [0, 0.05) is 58.8 Å². The minimum atomic E-state index is -0.652. The first-order chi connectivity index (χ1) is 16.9. The Bertz CT molecular complexity index is 1140. The van der Waals surface area contributed by atoms with E-state index < -0.39 is 11.9 Å². The first kappa shape index (κ1) is 24.2. The van der Waals surface area contributed by atoms with Gasteiger partial charge in [-0.2, -0.15) is 0 Å². The predicted octanol–water partition coefficient (Wildman–Crippen LogP) is 0.202. The number of nitrogens with zero attached hydrogens (tertiary/aromatic N) is 4. The zero-order chi connectivity index (χ0) is 24.5. The topological polar surface area (TPSA) is 101 Å². The molecule has 2 saturated heterocycles. The highest BCUT2D eigenvalue weighted by Gasteiger charge is 2.31. The van der Waals surface area contributed by atoms with E-state index in [2.05, 4.69) is 26.5 Å². The molecule has 5 rings (SSSR count). The van der Waals surface area contributed by atoms with Crippen LogP contribution in [0.1, 0.15) is 37.3 Å². The number of carbonyl (C=O) groups is 2. The molecule has 1 aromatic heterocycles. The Labute approximate surface area is 205 Å². The summed E-state index contributed by atoms with van der Waals surface area (Å²) < 4.78 is 9.12. The van der Waals surface area contributed by atoms with Crippen LogP contribution in [0.2, 0.25) is 0 Å². The molecule has 3 heterocycles. The average Bonchev–Trinajstić information content (AvgIpc) is 3.06. The number of carbonyl (C=O) groups excluding carboxylic acids is 2. The van der Waals surface area contributed by atoms with Gasteiger partial charge in [0.1, 0.15) is 6.04 Å². The number of rotatable bonds is 8. The number of imide groups is 1. The van der Waals surface area contributed by atoms with E-state index in [1.54, 1.807) is 11.6 Å². The number of aryl methyl sites for hydroxylation is 1. The highest BCUT2D eigenvalue weighted by molar-refractivity contribution is 6.00. The summed E-state index contributed by atoms with van der Waals surface area (Å²) >= 11 is 0. The van der Waals surface area contributed by atoms with Gasteiger partial charge in [-0.25, -0.2) is 4.79 Å². The Kier molecular flexibility index (Phi) is 7.06. The van der Waals surface area contributed by atoms with Crippen LogP contribution in [0.5, 0.6) is 0 Å². The van der Waals surface area contributed by atoms with Crippen molar-refractivity contribution in [3.8, 4) is 0 Å². The third-order valence-corrected chi connectivity index (χ3v) is 7.81. The molecule has 2 aliphatic heterocycles. The van der Waals surface area contributed by atoms with Crippen molar-refractivity contribution < 1.29 is 14.3 Å². The Morgan fingerprint density at radius 2 is 1.80 bits per heavy atom. The summed E-state index contributed by atoms with van der Waals surface area (Å²) in [7, 11) is 3.75. The Hall–Kier alpha value is -2.53. The number of amides is 2. The summed E-state index contributed by atoms with van der Waals surface area (Å²) in [6.07, 6.45) is 3.25. The second-order valence-electron chi connectivity index (χ2n) is 10.1. The van der Waals surface area contributed by atoms with Crippen molar-refractivity contribution in [2.45, 2.75) is 50.4 Å². The Morgan fingerprint density at radius 1 is 1.06 bits per heavy atom. The van der Waals surface area contributed by atoms with Crippen LogP contribution >= 0.6 is 0 Å². The summed E-state index contributed by atoms with van der Waals surface area (Å²) in [6.45, 7) is 6.66. The van der Waals surface area contributed by atoms with Crippen LogP contribution in [-0.4, -0.2) is 89.3 Å². The van der Waals surface area contributed by atoms with E-state index >= 15 is 0 Å². The second-order valence-corrected chi connectivity index (χ2v) is 10.1. The van der Waals surface area contributed by atoms with Crippen molar-refractivity contribution in [2.24, 2.45) is 7.05 Å². The second kappa shape index (κ2) is 10.2. The molecule has 2 N–H and O–H groups in total. The number of hydrogen-bond donors (Lipinski definition) is 2. The molecule has 1 atom stereocenters. The maximum absolute atomic E-state index is 13.0. The number of aromatic nitrogens is 2. The maximum Gasteiger partial charge on any atom is 0.329 e. The number of nitrogens with one attached hydrogen (secondary N) is 2. The van der Waals surface area contributed by atoms with E-state index in [4.69, 9.17) is 4.74 Å². The molecule has 0 radical (unpaired) electrons. The van der Waals surface area contributed by atoms with Crippen molar-refractivity contribution in [3.05, 3.63) is 34.2 Å².